The molecule has 1 atom stereocenters. The lowest BCUT2D eigenvalue weighted by atomic mass is 9.81. The first-order chi connectivity index (χ1) is 10.8. The Morgan fingerprint density at radius 2 is 1.74 bits per heavy atom. The molecule has 0 spiro atoms. The van der Waals surface area contributed by atoms with Crippen molar-refractivity contribution in [2.75, 3.05) is 13.6 Å². The van der Waals surface area contributed by atoms with Crippen LogP contribution in [0.5, 0.6) is 0 Å². The summed E-state index contributed by atoms with van der Waals surface area (Å²) in [5.74, 6) is -0.0653. The second-order valence-electron chi connectivity index (χ2n) is 5.66. The van der Waals surface area contributed by atoms with Crippen LogP contribution in [0.3, 0.4) is 0 Å². The molecule has 1 aromatic carbocycles. The van der Waals surface area contributed by atoms with Crippen molar-refractivity contribution in [1.29, 1.82) is 0 Å². The monoisotopic (exact) mass is 341 g/mol. The zero-order valence-corrected chi connectivity index (χ0v) is 15.0. The maximum Gasteiger partial charge on any atom is 0.240 e. The van der Waals surface area contributed by atoms with Crippen molar-refractivity contribution in [3.05, 3.63) is 29.8 Å². The summed E-state index contributed by atoms with van der Waals surface area (Å²) in [7, 11) is -2.08. The van der Waals surface area contributed by atoms with Gasteiger partial charge in [0, 0.05) is 6.54 Å². The van der Waals surface area contributed by atoms with Gasteiger partial charge in [0.05, 0.1) is 16.4 Å². The van der Waals surface area contributed by atoms with E-state index in [-0.39, 0.29) is 16.8 Å². The van der Waals surface area contributed by atoms with Crippen molar-refractivity contribution < 1.29 is 13.2 Å². The van der Waals surface area contributed by atoms with Gasteiger partial charge in [-0.3, -0.25) is 4.79 Å². The van der Waals surface area contributed by atoms with Gasteiger partial charge in [-0.05, 0) is 44.5 Å². The highest BCUT2D eigenvalue weighted by molar-refractivity contribution is 7.89. The number of benzene rings is 1. The highest BCUT2D eigenvalue weighted by atomic mass is 32.2. The van der Waals surface area contributed by atoms with Gasteiger partial charge in [-0.15, -0.1) is 0 Å². The first-order valence-electron chi connectivity index (χ1n) is 7.80. The third-order valence-electron chi connectivity index (χ3n) is 4.53. The average Bonchev–Trinajstić information content (AvgIpc) is 2.57. The van der Waals surface area contributed by atoms with E-state index in [4.69, 9.17) is 5.73 Å². The molecule has 0 saturated carbocycles. The molecule has 1 rings (SSSR count). The van der Waals surface area contributed by atoms with Crippen molar-refractivity contribution in [3.63, 3.8) is 0 Å². The minimum absolute atomic E-state index is 0.0653. The zero-order chi connectivity index (χ0) is 17.7. The highest BCUT2D eigenvalue weighted by Gasteiger charge is 2.34. The van der Waals surface area contributed by atoms with E-state index >= 15 is 0 Å². The molecule has 4 N–H and O–H groups in total. The van der Waals surface area contributed by atoms with Crippen LogP contribution in [-0.4, -0.2) is 27.9 Å². The molecule has 1 unspecified atom stereocenters. The van der Waals surface area contributed by atoms with Gasteiger partial charge in [0.25, 0.3) is 0 Å². The Balaban J connectivity index is 2.90. The number of carbonyl (C=O) groups excluding carboxylic acids is 1. The summed E-state index contributed by atoms with van der Waals surface area (Å²) in [4.78, 5) is 12.7. The number of hydrogen-bond donors (Lipinski definition) is 3. The summed E-state index contributed by atoms with van der Waals surface area (Å²) < 4.78 is 25.7. The summed E-state index contributed by atoms with van der Waals surface area (Å²) in [5, 5.41) is 2.98. The molecule has 0 bridgehead atoms. The van der Waals surface area contributed by atoms with Gasteiger partial charge in [-0.25, -0.2) is 13.1 Å². The molecule has 7 heteroatoms. The van der Waals surface area contributed by atoms with Crippen molar-refractivity contribution in [2.24, 2.45) is 11.1 Å². The molecule has 1 amide bonds. The van der Waals surface area contributed by atoms with Crippen molar-refractivity contribution in [3.8, 4) is 0 Å². The Bertz CT molecular complexity index is 614. The fraction of sp³-hybridized carbons (Fsp3) is 0.562. The van der Waals surface area contributed by atoms with Crippen LogP contribution >= 0.6 is 0 Å². The Labute approximate surface area is 138 Å². The molecular weight excluding hydrogens is 314 g/mol. The van der Waals surface area contributed by atoms with E-state index < -0.39 is 15.4 Å². The van der Waals surface area contributed by atoms with Crippen molar-refractivity contribution in [1.82, 2.24) is 10.0 Å². The molecule has 0 aromatic heterocycles. The minimum atomic E-state index is -3.45. The van der Waals surface area contributed by atoms with Crippen LogP contribution in [0, 0.1) is 5.41 Å². The third-order valence-corrected chi connectivity index (χ3v) is 5.96. The van der Waals surface area contributed by atoms with Crippen LogP contribution in [-0.2, 0) is 14.8 Å². The Morgan fingerprint density at radius 3 is 2.13 bits per heavy atom. The SMILES string of the molecule is CCC(CC)(CN)C(=O)NC(C)c1ccc(S(=O)(=O)NC)cc1. The average molecular weight is 341 g/mol. The Hall–Kier alpha value is -1.44. The summed E-state index contributed by atoms with van der Waals surface area (Å²) in [6.07, 6.45) is 1.36. The van der Waals surface area contributed by atoms with Crippen molar-refractivity contribution in [2.45, 2.75) is 44.6 Å². The standard InChI is InChI=1S/C16H27N3O3S/c1-5-16(6-2,11-17)15(20)19-12(3)13-7-9-14(10-8-13)23(21,22)18-4/h7-10,12,18H,5-6,11,17H2,1-4H3,(H,19,20). The van der Waals surface area contributed by atoms with Gasteiger partial charge in [0.1, 0.15) is 0 Å². The van der Waals surface area contributed by atoms with E-state index in [0.717, 1.165) is 5.56 Å². The van der Waals surface area contributed by atoms with E-state index in [9.17, 15) is 13.2 Å². The summed E-state index contributed by atoms with van der Waals surface area (Å²) in [6.45, 7) is 6.08. The van der Waals surface area contributed by atoms with Crippen LogP contribution in [0.2, 0.25) is 0 Å². The van der Waals surface area contributed by atoms with Gasteiger partial charge >= 0.3 is 0 Å². The van der Waals surface area contributed by atoms with Crippen LogP contribution in [0.4, 0.5) is 0 Å². The van der Waals surface area contributed by atoms with Gasteiger partial charge in [0.15, 0.2) is 0 Å². The fourth-order valence-corrected chi connectivity index (χ4v) is 3.17. The fourth-order valence-electron chi connectivity index (χ4n) is 2.44. The topological polar surface area (TPSA) is 101 Å². The highest BCUT2D eigenvalue weighted by Crippen LogP contribution is 2.26. The maximum atomic E-state index is 12.5. The van der Waals surface area contributed by atoms with E-state index in [2.05, 4.69) is 10.0 Å². The second kappa shape index (κ2) is 7.90. The zero-order valence-electron chi connectivity index (χ0n) is 14.2. The lowest BCUT2D eigenvalue weighted by molar-refractivity contribution is -0.131. The van der Waals surface area contributed by atoms with Gasteiger partial charge in [0.2, 0.25) is 15.9 Å². The predicted octanol–water partition coefficient (Wildman–Crippen LogP) is 1.54. The van der Waals surface area contributed by atoms with Gasteiger partial charge in [-0.1, -0.05) is 26.0 Å². The number of sulfonamides is 1. The number of hydrogen-bond acceptors (Lipinski definition) is 4. The van der Waals surface area contributed by atoms with Gasteiger partial charge in [-0.2, -0.15) is 0 Å². The lowest BCUT2D eigenvalue weighted by Gasteiger charge is -2.30. The summed E-state index contributed by atoms with van der Waals surface area (Å²) in [5.41, 5.74) is 6.08. The smallest absolute Gasteiger partial charge is 0.240 e. The van der Waals surface area contributed by atoms with E-state index in [1.54, 1.807) is 12.1 Å². The molecule has 6 nitrogen and oxygen atoms in total. The number of amides is 1. The van der Waals surface area contributed by atoms with Crippen LogP contribution in [0.1, 0.15) is 45.2 Å². The molecule has 130 valence electrons. The number of carbonyl (C=O) groups is 1. The molecule has 0 radical (unpaired) electrons. The molecule has 0 fully saturated rings. The molecule has 0 aliphatic carbocycles. The minimum Gasteiger partial charge on any atom is -0.349 e. The van der Waals surface area contributed by atoms with E-state index in [0.29, 0.717) is 19.4 Å². The summed E-state index contributed by atoms with van der Waals surface area (Å²) in [6, 6.07) is 6.24. The second-order valence-corrected chi connectivity index (χ2v) is 7.55. The molecule has 23 heavy (non-hydrogen) atoms. The number of rotatable bonds is 8. The maximum absolute atomic E-state index is 12.5. The molecule has 0 heterocycles. The van der Waals surface area contributed by atoms with Crippen LogP contribution < -0.4 is 15.8 Å². The molecule has 0 aliphatic heterocycles. The first-order valence-corrected chi connectivity index (χ1v) is 9.29. The van der Waals surface area contributed by atoms with Gasteiger partial charge < -0.3 is 11.1 Å². The molecule has 0 aliphatic rings. The Kier molecular flexibility index (Phi) is 6.73. The molecule has 1 aromatic rings. The predicted molar refractivity (Wildman–Crippen MR) is 91.3 cm³/mol. The molecular formula is C16H27N3O3S. The lowest BCUT2D eigenvalue weighted by Crippen LogP contribution is -2.46. The van der Waals surface area contributed by atoms with Crippen LogP contribution in [0.15, 0.2) is 29.2 Å². The molecule has 0 saturated heterocycles. The van der Waals surface area contributed by atoms with E-state index in [1.165, 1.54) is 19.2 Å². The quantitative estimate of drug-likeness (QED) is 0.667. The third kappa shape index (κ3) is 4.31. The largest absolute Gasteiger partial charge is 0.349 e. The number of nitrogens with one attached hydrogen (secondary N) is 2. The first kappa shape index (κ1) is 19.6. The van der Waals surface area contributed by atoms with Crippen LogP contribution in [0.25, 0.3) is 0 Å². The normalized spacial score (nSPS) is 13.6. The number of nitrogens with two attached hydrogens (primary N) is 1. The van der Waals surface area contributed by atoms with E-state index in [1.807, 2.05) is 20.8 Å². The Morgan fingerprint density at radius 1 is 1.22 bits per heavy atom. The van der Waals surface area contributed by atoms with Crippen molar-refractivity contribution >= 4 is 15.9 Å². The summed E-state index contributed by atoms with van der Waals surface area (Å²) >= 11 is 0.